The van der Waals surface area contributed by atoms with Crippen LogP contribution >= 0.6 is 0 Å². The number of hydrogen-bond acceptors (Lipinski definition) is 3. The van der Waals surface area contributed by atoms with Gasteiger partial charge in [-0.1, -0.05) is 31.0 Å². The van der Waals surface area contributed by atoms with Crippen molar-refractivity contribution in [3.8, 4) is 0 Å². The van der Waals surface area contributed by atoms with E-state index in [4.69, 9.17) is 0 Å². The zero-order chi connectivity index (χ0) is 16.5. The fourth-order valence-electron chi connectivity index (χ4n) is 4.17. The third-order valence-electron chi connectivity index (χ3n) is 5.65. The summed E-state index contributed by atoms with van der Waals surface area (Å²) in [5.74, 6) is -0.437. The van der Waals surface area contributed by atoms with Crippen molar-refractivity contribution in [2.75, 3.05) is 13.2 Å². The first-order valence-corrected chi connectivity index (χ1v) is 8.33. The fraction of sp³-hybridized carbons (Fsp3) is 0.611. The zero-order valence-corrected chi connectivity index (χ0v) is 13.2. The molecule has 2 aliphatic carbocycles. The molecule has 0 saturated heterocycles. The van der Waals surface area contributed by atoms with E-state index in [0.29, 0.717) is 31.2 Å². The van der Waals surface area contributed by atoms with Gasteiger partial charge in [0.2, 0.25) is 5.91 Å². The molecule has 0 radical (unpaired) electrons. The second-order valence-electron chi connectivity index (χ2n) is 7.16. The molecule has 0 aliphatic heterocycles. The summed E-state index contributed by atoms with van der Waals surface area (Å²) in [6.45, 7) is -0.150. The number of benzene rings is 1. The zero-order valence-electron chi connectivity index (χ0n) is 13.2. The third-order valence-corrected chi connectivity index (χ3v) is 5.65. The summed E-state index contributed by atoms with van der Waals surface area (Å²) in [6, 6.07) is 6.49. The van der Waals surface area contributed by atoms with Crippen LogP contribution in [0.5, 0.6) is 0 Å². The Kier molecular flexibility index (Phi) is 4.43. The number of rotatable bonds is 5. The summed E-state index contributed by atoms with van der Waals surface area (Å²) in [4.78, 5) is 12.9. The van der Waals surface area contributed by atoms with Gasteiger partial charge in [-0.3, -0.25) is 4.79 Å². The van der Waals surface area contributed by atoms with Gasteiger partial charge in [0.1, 0.15) is 5.82 Å². The van der Waals surface area contributed by atoms with Crippen LogP contribution in [0.25, 0.3) is 0 Å². The number of halogens is 1. The highest BCUT2D eigenvalue weighted by Crippen LogP contribution is 2.44. The van der Waals surface area contributed by atoms with Crippen LogP contribution in [0.1, 0.15) is 44.1 Å². The second kappa shape index (κ2) is 6.21. The van der Waals surface area contributed by atoms with E-state index in [1.807, 2.05) is 0 Å². The van der Waals surface area contributed by atoms with Crippen molar-refractivity contribution in [3.05, 3.63) is 35.6 Å². The van der Waals surface area contributed by atoms with Gasteiger partial charge >= 0.3 is 0 Å². The quantitative estimate of drug-likeness (QED) is 0.776. The Labute approximate surface area is 135 Å². The molecular formula is C18H24FNO3. The topological polar surface area (TPSA) is 69.6 Å². The normalized spacial score (nSPS) is 22.6. The Morgan fingerprint density at radius 2 is 1.78 bits per heavy atom. The number of nitrogens with one attached hydrogen (secondary N) is 1. The highest BCUT2D eigenvalue weighted by Gasteiger charge is 2.48. The average molecular weight is 321 g/mol. The smallest absolute Gasteiger partial charge is 0.230 e. The van der Waals surface area contributed by atoms with E-state index < -0.39 is 10.8 Å². The molecule has 0 aromatic heterocycles. The Balaban J connectivity index is 1.75. The minimum atomic E-state index is -0.776. The lowest BCUT2D eigenvalue weighted by atomic mass is 9.66. The molecule has 3 N–H and O–H groups in total. The van der Waals surface area contributed by atoms with Gasteiger partial charge < -0.3 is 15.5 Å². The lowest BCUT2D eigenvalue weighted by molar-refractivity contribution is -0.130. The van der Waals surface area contributed by atoms with Gasteiger partial charge in [-0.25, -0.2) is 4.39 Å². The predicted octanol–water partition coefficient (Wildman–Crippen LogP) is 1.89. The predicted molar refractivity (Wildman–Crippen MR) is 84.3 cm³/mol. The van der Waals surface area contributed by atoms with E-state index in [1.54, 1.807) is 18.2 Å². The largest absolute Gasteiger partial charge is 0.396 e. The molecule has 0 bridgehead atoms. The maximum atomic E-state index is 14.3. The molecule has 126 valence electrons. The number of carbonyl (C=O) groups is 1. The van der Waals surface area contributed by atoms with Crippen LogP contribution in [0.3, 0.4) is 0 Å². The minimum absolute atomic E-state index is 0.0500. The molecule has 1 amide bonds. The number of hydrogen-bond donors (Lipinski definition) is 3. The first kappa shape index (κ1) is 16.4. The summed E-state index contributed by atoms with van der Waals surface area (Å²) < 4.78 is 14.3. The molecule has 0 atom stereocenters. The summed E-state index contributed by atoms with van der Waals surface area (Å²) in [6.07, 6.45) is 4.31. The molecule has 0 heterocycles. The number of carbonyl (C=O) groups excluding carboxylic acids is 1. The number of aliphatic hydroxyl groups is 2. The molecule has 2 aliphatic rings. The summed E-state index contributed by atoms with van der Waals surface area (Å²) in [7, 11) is 0. The van der Waals surface area contributed by atoms with Crippen molar-refractivity contribution < 1.29 is 19.4 Å². The number of aliphatic hydroxyl groups excluding tert-OH is 2. The summed E-state index contributed by atoms with van der Waals surface area (Å²) in [5.41, 5.74) is -0.759. The van der Waals surface area contributed by atoms with E-state index in [2.05, 4.69) is 5.32 Å². The van der Waals surface area contributed by atoms with Crippen LogP contribution in [-0.4, -0.2) is 35.4 Å². The minimum Gasteiger partial charge on any atom is -0.396 e. The van der Waals surface area contributed by atoms with E-state index in [9.17, 15) is 19.4 Å². The fourth-order valence-corrected chi connectivity index (χ4v) is 4.17. The molecule has 3 rings (SSSR count). The van der Waals surface area contributed by atoms with Gasteiger partial charge in [0.05, 0.1) is 18.6 Å². The monoisotopic (exact) mass is 321 g/mol. The lowest BCUT2D eigenvalue weighted by Gasteiger charge is -2.46. The molecular weight excluding hydrogens is 297 g/mol. The molecule has 4 nitrogen and oxygen atoms in total. The standard InChI is InChI=1S/C18H24FNO3/c19-15-6-2-1-5-14(15)18(7-3-4-8-18)16(23)20-13-9-17(10-13,11-21)12-22/h1-2,5-6,13,21-22H,3-4,7-12H2,(H,20,23). The third kappa shape index (κ3) is 2.76. The molecule has 2 saturated carbocycles. The highest BCUT2D eigenvalue weighted by molar-refractivity contribution is 5.89. The van der Waals surface area contributed by atoms with Crippen molar-refractivity contribution in [2.45, 2.75) is 50.0 Å². The van der Waals surface area contributed by atoms with E-state index >= 15 is 0 Å². The molecule has 5 heteroatoms. The first-order valence-electron chi connectivity index (χ1n) is 8.33. The van der Waals surface area contributed by atoms with Crippen molar-refractivity contribution in [1.29, 1.82) is 0 Å². The maximum absolute atomic E-state index is 14.3. The molecule has 0 spiro atoms. The Morgan fingerprint density at radius 3 is 2.35 bits per heavy atom. The second-order valence-corrected chi connectivity index (χ2v) is 7.16. The van der Waals surface area contributed by atoms with Crippen molar-refractivity contribution in [1.82, 2.24) is 5.32 Å². The van der Waals surface area contributed by atoms with E-state index in [-0.39, 0.29) is 31.0 Å². The molecule has 1 aromatic rings. The van der Waals surface area contributed by atoms with Crippen LogP contribution in [-0.2, 0) is 10.2 Å². The van der Waals surface area contributed by atoms with Gasteiger partial charge in [-0.05, 0) is 31.7 Å². The SMILES string of the molecule is O=C(NC1CC(CO)(CO)C1)C1(c2ccccc2F)CCCC1. The molecule has 23 heavy (non-hydrogen) atoms. The van der Waals surface area contributed by atoms with Crippen LogP contribution < -0.4 is 5.32 Å². The van der Waals surface area contributed by atoms with Gasteiger partial charge in [-0.2, -0.15) is 0 Å². The van der Waals surface area contributed by atoms with Crippen LogP contribution in [0.2, 0.25) is 0 Å². The van der Waals surface area contributed by atoms with Crippen molar-refractivity contribution in [2.24, 2.45) is 5.41 Å². The summed E-state index contributed by atoms with van der Waals surface area (Å²) in [5, 5.41) is 21.7. The van der Waals surface area contributed by atoms with E-state index in [0.717, 1.165) is 12.8 Å². The molecule has 0 unspecified atom stereocenters. The van der Waals surface area contributed by atoms with Crippen LogP contribution in [0, 0.1) is 11.2 Å². The van der Waals surface area contributed by atoms with Gasteiger partial charge in [0.25, 0.3) is 0 Å². The Hall–Kier alpha value is -1.46. The van der Waals surface area contributed by atoms with Gasteiger partial charge in [0, 0.05) is 17.0 Å². The van der Waals surface area contributed by atoms with Crippen LogP contribution in [0.4, 0.5) is 4.39 Å². The number of amides is 1. The Bertz CT molecular complexity index is 571. The average Bonchev–Trinajstić information content (AvgIpc) is 3.01. The Morgan fingerprint density at radius 1 is 1.17 bits per heavy atom. The van der Waals surface area contributed by atoms with Crippen molar-refractivity contribution >= 4 is 5.91 Å². The van der Waals surface area contributed by atoms with Gasteiger partial charge in [0.15, 0.2) is 0 Å². The summed E-state index contributed by atoms with van der Waals surface area (Å²) >= 11 is 0. The van der Waals surface area contributed by atoms with E-state index in [1.165, 1.54) is 6.07 Å². The first-order chi connectivity index (χ1) is 11.1. The lowest BCUT2D eigenvalue weighted by Crippen LogP contribution is -2.57. The molecule has 2 fully saturated rings. The maximum Gasteiger partial charge on any atom is 0.230 e. The van der Waals surface area contributed by atoms with Crippen molar-refractivity contribution in [3.63, 3.8) is 0 Å². The van der Waals surface area contributed by atoms with Crippen LogP contribution in [0.15, 0.2) is 24.3 Å². The van der Waals surface area contributed by atoms with Gasteiger partial charge in [-0.15, -0.1) is 0 Å². The highest BCUT2D eigenvalue weighted by atomic mass is 19.1. The molecule has 1 aromatic carbocycles.